The highest BCUT2D eigenvalue weighted by atomic mass is 16.6. The third-order valence-electron chi connectivity index (χ3n) is 4.27. The van der Waals surface area contributed by atoms with Crippen molar-refractivity contribution in [2.24, 2.45) is 0 Å². The smallest absolute Gasteiger partial charge is 0.410 e. The van der Waals surface area contributed by atoms with Crippen LogP contribution in [0.2, 0.25) is 0 Å². The highest BCUT2D eigenvalue weighted by Gasteiger charge is 2.36. The van der Waals surface area contributed by atoms with Crippen molar-refractivity contribution in [1.29, 1.82) is 0 Å². The summed E-state index contributed by atoms with van der Waals surface area (Å²) in [5.41, 5.74) is -0.439. The molecule has 5 heteroatoms. The van der Waals surface area contributed by atoms with Crippen molar-refractivity contribution >= 4 is 6.09 Å². The molecule has 2 aliphatic heterocycles. The molecule has 0 aliphatic carbocycles. The van der Waals surface area contributed by atoms with Crippen molar-refractivity contribution in [3.8, 4) is 0 Å². The van der Waals surface area contributed by atoms with Crippen LogP contribution >= 0.6 is 0 Å². The normalized spacial score (nSPS) is 23.0. The predicted octanol–water partition coefficient (Wildman–Crippen LogP) is 2.50. The fraction of sp³-hybridized carbons (Fsp3) is 0.938. The van der Waals surface area contributed by atoms with E-state index in [0.717, 1.165) is 52.0 Å². The van der Waals surface area contributed by atoms with Crippen LogP contribution < -0.4 is 0 Å². The third kappa shape index (κ3) is 4.85. The van der Waals surface area contributed by atoms with E-state index in [1.807, 2.05) is 25.7 Å². The van der Waals surface area contributed by atoms with Crippen LogP contribution in [0, 0.1) is 0 Å². The first kappa shape index (κ1) is 16.6. The molecule has 2 rings (SSSR count). The molecule has 2 heterocycles. The lowest BCUT2D eigenvalue weighted by molar-refractivity contribution is -0.0260. The Morgan fingerprint density at radius 2 is 1.62 bits per heavy atom. The Morgan fingerprint density at radius 3 is 2.14 bits per heavy atom. The lowest BCUT2D eigenvalue weighted by Gasteiger charge is -2.43. The second-order valence-corrected chi connectivity index (χ2v) is 7.27. The summed E-state index contributed by atoms with van der Waals surface area (Å²) in [6, 6.07) is 0.571. The van der Waals surface area contributed by atoms with Crippen LogP contribution in [0.5, 0.6) is 0 Å². The molecule has 0 atom stereocenters. The van der Waals surface area contributed by atoms with Crippen LogP contribution in [0.15, 0.2) is 0 Å². The van der Waals surface area contributed by atoms with Crippen LogP contribution in [0.1, 0.15) is 46.5 Å². The minimum absolute atomic E-state index is 0.149. The second kappa shape index (κ2) is 6.97. The molecule has 0 aromatic carbocycles. The first-order valence-electron chi connectivity index (χ1n) is 8.14. The third-order valence-corrected chi connectivity index (χ3v) is 4.27. The van der Waals surface area contributed by atoms with Crippen molar-refractivity contribution in [3.05, 3.63) is 0 Å². The highest BCUT2D eigenvalue weighted by Crippen LogP contribution is 2.25. The van der Waals surface area contributed by atoms with E-state index in [4.69, 9.17) is 9.47 Å². The summed E-state index contributed by atoms with van der Waals surface area (Å²) in [5, 5.41) is 0. The van der Waals surface area contributed by atoms with Crippen molar-refractivity contribution in [2.75, 3.05) is 33.4 Å². The number of hydrogen-bond acceptors (Lipinski definition) is 4. The number of amides is 1. The largest absolute Gasteiger partial charge is 0.444 e. The fourth-order valence-electron chi connectivity index (χ4n) is 3.15. The molecule has 0 saturated carbocycles. The number of rotatable bonds is 2. The van der Waals surface area contributed by atoms with Gasteiger partial charge in [-0.1, -0.05) is 0 Å². The molecule has 0 spiro atoms. The average Bonchev–Trinajstić information content (AvgIpc) is 2.40. The SMILES string of the molecule is CN1CCC(N(C(=O)OC(C)(C)C)C2CCOCC2)CC1. The Labute approximate surface area is 128 Å². The van der Waals surface area contributed by atoms with Crippen LogP contribution in [0.4, 0.5) is 4.79 Å². The monoisotopic (exact) mass is 298 g/mol. The van der Waals surface area contributed by atoms with Crippen molar-refractivity contribution in [1.82, 2.24) is 9.80 Å². The van der Waals surface area contributed by atoms with E-state index >= 15 is 0 Å². The van der Waals surface area contributed by atoms with Gasteiger partial charge in [-0.2, -0.15) is 0 Å². The van der Waals surface area contributed by atoms with E-state index in [9.17, 15) is 4.79 Å². The summed E-state index contributed by atoms with van der Waals surface area (Å²) >= 11 is 0. The molecule has 2 fully saturated rings. The minimum Gasteiger partial charge on any atom is -0.444 e. The molecule has 0 aromatic rings. The molecule has 122 valence electrons. The van der Waals surface area contributed by atoms with Gasteiger partial charge < -0.3 is 19.3 Å². The Balaban J connectivity index is 2.07. The summed E-state index contributed by atoms with van der Waals surface area (Å²) in [4.78, 5) is 17.0. The molecule has 2 saturated heterocycles. The molecule has 0 aromatic heterocycles. The summed E-state index contributed by atoms with van der Waals surface area (Å²) in [6.45, 7) is 9.39. The van der Waals surface area contributed by atoms with Gasteiger partial charge in [-0.05, 0) is 66.6 Å². The molecule has 0 N–H and O–H groups in total. The standard InChI is InChI=1S/C16H30N2O3/c1-16(2,3)21-15(19)18(14-7-11-20-12-8-14)13-5-9-17(4)10-6-13/h13-14H,5-12H2,1-4H3. The number of nitrogens with zero attached hydrogens (tertiary/aromatic N) is 2. The summed E-state index contributed by atoms with van der Waals surface area (Å²) in [6.07, 6.45) is 3.76. The lowest BCUT2D eigenvalue weighted by Crippen LogP contribution is -2.53. The number of piperidine rings is 1. The molecule has 21 heavy (non-hydrogen) atoms. The highest BCUT2D eigenvalue weighted by molar-refractivity contribution is 5.69. The first-order valence-corrected chi connectivity index (χ1v) is 8.14. The van der Waals surface area contributed by atoms with Gasteiger partial charge in [0.2, 0.25) is 0 Å². The van der Waals surface area contributed by atoms with Gasteiger partial charge in [0.15, 0.2) is 0 Å². The zero-order chi connectivity index (χ0) is 15.5. The van der Waals surface area contributed by atoms with E-state index in [-0.39, 0.29) is 12.1 Å². The van der Waals surface area contributed by atoms with Gasteiger partial charge in [-0.3, -0.25) is 0 Å². The molecular formula is C16H30N2O3. The van der Waals surface area contributed by atoms with E-state index in [2.05, 4.69) is 11.9 Å². The van der Waals surface area contributed by atoms with Crippen molar-refractivity contribution in [3.63, 3.8) is 0 Å². The quantitative estimate of drug-likeness (QED) is 0.785. The van der Waals surface area contributed by atoms with Gasteiger partial charge in [-0.25, -0.2) is 4.79 Å². The Morgan fingerprint density at radius 1 is 1.10 bits per heavy atom. The van der Waals surface area contributed by atoms with Crippen molar-refractivity contribution in [2.45, 2.75) is 64.1 Å². The molecule has 2 aliphatic rings. The number of likely N-dealkylation sites (tertiary alicyclic amines) is 1. The summed E-state index contributed by atoms with van der Waals surface area (Å²) < 4.78 is 11.1. The Kier molecular flexibility index (Phi) is 5.49. The second-order valence-electron chi connectivity index (χ2n) is 7.27. The molecule has 0 unspecified atom stereocenters. The van der Waals surface area contributed by atoms with Gasteiger partial charge in [0.1, 0.15) is 5.60 Å². The first-order chi connectivity index (χ1) is 9.87. The fourth-order valence-corrected chi connectivity index (χ4v) is 3.15. The zero-order valence-electron chi connectivity index (χ0n) is 13.9. The maximum absolute atomic E-state index is 12.7. The number of hydrogen-bond donors (Lipinski definition) is 0. The predicted molar refractivity (Wildman–Crippen MR) is 82.4 cm³/mol. The van der Waals surface area contributed by atoms with Gasteiger partial charge in [0.25, 0.3) is 0 Å². The zero-order valence-corrected chi connectivity index (χ0v) is 13.9. The average molecular weight is 298 g/mol. The number of ether oxygens (including phenoxy) is 2. The molecule has 0 radical (unpaired) electrons. The van der Waals surface area contributed by atoms with Crippen LogP contribution in [0.25, 0.3) is 0 Å². The lowest BCUT2D eigenvalue weighted by atomic mass is 9.99. The Hall–Kier alpha value is -0.810. The summed E-state index contributed by atoms with van der Waals surface area (Å²) in [7, 11) is 2.14. The van der Waals surface area contributed by atoms with Gasteiger partial charge in [-0.15, -0.1) is 0 Å². The van der Waals surface area contributed by atoms with Crippen LogP contribution in [0.3, 0.4) is 0 Å². The number of carbonyl (C=O) groups excluding carboxylic acids is 1. The molecular weight excluding hydrogens is 268 g/mol. The minimum atomic E-state index is -0.439. The van der Waals surface area contributed by atoms with E-state index in [1.165, 1.54) is 0 Å². The molecule has 5 nitrogen and oxygen atoms in total. The van der Waals surface area contributed by atoms with E-state index < -0.39 is 5.60 Å². The van der Waals surface area contributed by atoms with Gasteiger partial charge >= 0.3 is 6.09 Å². The van der Waals surface area contributed by atoms with E-state index in [1.54, 1.807) is 0 Å². The van der Waals surface area contributed by atoms with Gasteiger partial charge in [0, 0.05) is 25.3 Å². The molecule has 1 amide bonds. The van der Waals surface area contributed by atoms with Gasteiger partial charge in [0.05, 0.1) is 0 Å². The maximum Gasteiger partial charge on any atom is 0.410 e. The molecule has 0 bridgehead atoms. The topological polar surface area (TPSA) is 42.0 Å². The van der Waals surface area contributed by atoms with E-state index in [0.29, 0.717) is 6.04 Å². The Bertz CT molecular complexity index is 340. The summed E-state index contributed by atoms with van der Waals surface area (Å²) in [5.74, 6) is 0. The van der Waals surface area contributed by atoms with Crippen molar-refractivity contribution < 1.29 is 14.3 Å². The number of carbonyl (C=O) groups is 1. The van der Waals surface area contributed by atoms with Crippen LogP contribution in [-0.4, -0.2) is 66.9 Å². The van der Waals surface area contributed by atoms with Crippen LogP contribution in [-0.2, 0) is 9.47 Å². The maximum atomic E-state index is 12.7.